The van der Waals surface area contributed by atoms with Crippen molar-refractivity contribution < 1.29 is 4.79 Å². The van der Waals surface area contributed by atoms with Crippen molar-refractivity contribution in [2.45, 2.75) is 77.3 Å². The van der Waals surface area contributed by atoms with Crippen LogP contribution in [-0.2, 0) is 4.79 Å². The Bertz CT molecular complexity index is 289. The molecule has 1 amide bonds. The maximum atomic E-state index is 12.4. The number of carbonyl (C=O) groups is 1. The van der Waals surface area contributed by atoms with Gasteiger partial charge in [0.1, 0.15) is 0 Å². The van der Waals surface area contributed by atoms with E-state index in [4.69, 9.17) is 5.73 Å². The monoisotopic (exact) mass is 266 g/mol. The molecule has 3 heteroatoms. The fourth-order valence-corrected chi connectivity index (χ4v) is 3.96. The highest BCUT2D eigenvalue weighted by molar-refractivity contribution is 5.79. The van der Waals surface area contributed by atoms with Crippen LogP contribution in [0.1, 0.15) is 65.2 Å². The van der Waals surface area contributed by atoms with Crippen LogP contribution in [0, 0.1) is 17.8 Å². The summed E-state index contributed by atoms with van der Waals surface area (Å²) in [5, 5.41) is 3.27. The predicted molar refractivity (Wildman–Crippen MR) is 78.7 cm³/mol. The lowest BCUT2D eigenvalue weighted by Gasteiger charge is -2.33. The highest BCUT2D eigenvalue weighted by Crippen LogP contribution is 2.30. The van der Waals surface area contributed by atoms with E-state index in [1.807, 2.05) is 0 Å². The largest absolute Gasteiger partial charge is 0.353 e. The Labute approximate surface area is 117 Å². The second kappa shape index (κ2) is 6.74. The Morgan fingerprint density at radius 3 is 2.47 bits per heavy atom. The quantitative estimate of drug-likeness (QED) is 0.825. The number of nitrogens with two attached hydrogens (primary N) is 1. The molecule has 0 bridgehead atoms. The molecule has 0 radical (unpaired) electrons. The van der Waals surface area contributed by atoms with Crippen LogP contribution in [0.5, 0.6) is 0 Å². The molecule has 4 atom stereocenters. The zero-order valence-electron chi connectivity index (χ0n) is 12.5. The van der Waals surface area contributed by atoms with Crippen molar-refractivity contribution in [1.29, 1.82) is 0 Å². The van der Waals surface area contributed by atoms with Gasteiger partial charge in [0.05, 0.1) is 0 Å². The van der Waals surface area contributed by atoms with Gasteiger partial charge in [0, 0.05) is 18.0 Å². The minimum atomic E-state index is 0.143. The number of nitrogens with one attached hydrogen (secondary N) is 1. The Morgan fingerprint density at radius 2 is 1.84 bits per heavy atom. The normalized spacial score (nSPS) is 34.8. The summed E-state index contributed by atoms with van der Waals surface area (Å²) in [5.41, 5.74) is 6.05. The van der Waals surface area contributed by atoms with Crippen molar-refractivity contribution in [2.24, 2.45) is 23.5 Å². The van der Waals surface area contributed by atoms with E-state index in [0.29, 0.717) is 17.9 Å². The fourth-order valence-electron chi connectivity index (χ4n) is 3.96. The molecule has 2 aliphatic rings. The third kappa shape index (κ3) is 4.20. The summed E-state index contributed by atoms with van der Waals surface area (Å²) in [6.07, 6.45) is 9.54. The van der Waals surface area contributed by atoms with Crippen molar-refractivity contribution in [3.8, 4) is 0 Å². The molecular weight excluding hydrogens is 236 g/mol. The van der Waals surface area contributed by atoms with E-state index in [2.05, 4.69) is 19.2 Å². The van der Waals surface area contributed by atoms with Gasteiger partial charge in [-0.1, -0.05) is 26.2 Å². The molecule has 0 aromatic heterocycles. The van der Waals surface area contributed by atoms with Gasteiger partial charge in [-0.3, -0.25) is 4.79 Å². The number of amides is 1. The van der Waals surface area contributed by atoms with Crippen LogP contribution in [0.3, 0.4) is 0 Å². The molecule has 110 valence electrons. The SMILES string of the molecule is CC1CC(N)CC(C(=O)NC(C)C2CCCCC2)C1. The Kier molecular flexibility index (Phi) is 5.26. The Hall–Kier alpha value is -0.570. The van der Waals surface area contributed by atoms with E-state index in [1.54, 1.807) is 0 Å². The zero-order valence-corrected chi connectivity index (χ0v) is 12.5. The summed E-state index contributed by atoms with van der Waals surface area (Å²) in [5.74, 6) is 1.67. The second-order valence-corrected chi connectivity index (χ2v) is 6.96. The molecule has 2 saturated carbocycles. The highest BCUT2D eigenvalue weighted by Gasteiger charge is 2.31. The van der Waals surface area contributed by atoms with Crippen LogP contribution in [0.2, 0.25) is 0 Å². The average Bonchev–Trinajstić information content (AvgIpc) is 2.38. The van der Waals surface area contributed by atoms with Crippen LogP contribution in [0.25, 0.3) is 0 Å². The van der Waals surface area contributed by atoms with Crippen LogP contribution < -0.4 is 11.1 Å². The number of carbonyl (C=O) groups excluding carboxylic acids is 1. The van der Waals surface area contributed by atoms with Gasteiger partial charge >= 0.3 is 0 Å². The minimum absolute atomic E-state index is 0.143. The molecule has 2 aliphatic carbocycles. The minimum Gasteiger partial charge on any atom is -0.353 e. The van der Waals surface area contributed by atoms with Crippen molar-refractivity contribution in [2.75, 3.05) is 0 Å². The first-order chi connectivity index (χ1) is 9.06. The van der Waals surface area contributed by atoms with E-state index >= 15 is 0 Å². The number of hydrogen-bond acceptors (Lipinski definition) is 2. The third-order valence-corrected chi connectivity index (χ3v) is 5.08. The Morgan fingerprint density at radius 1 is 1.16 bits per heavy atom. The topological polar surface area (TPSA) is 55.1 Å². The average molecular weight is 266 g/mol. The van der Waals surface area contributed by atoms with Crippen LogP contribution in [0.4, 0.5) is 0 Å². The third-order valence-electron chi connectivity index (χ3n) is 5.08. The van der Waals surface area contributed by atoms with Gasteiger partial charge in [-0.15, -0.1) is 0 Å². The molecule has 0 aromatic carbocycles. The van der Waals surface area contributed by atoms with Gasteiger partial charge in [0.15, 0.2) is 0 Å². The fraction of sp³-hybridized carbons (Fsp3) is 0.938. The standard InChI is InChI=1S/C16H30N2O/c1-11-8-14(10-15(17)9-11)16(19)18-12(2)13-6-4-3-5-7-13/h11-15H,3-10,17H2,1-2H3,(H,18,19). The summed E-state index contributed by atoms with van der Waals surface area (Å²) in [4.78, 5) is 12.4. The summed E-state index contributed by atoms with van der Waals surface area (Å²) in [6.45, 7) is 4.39. The molecule has 2 fully saturated rings. The van der Waals surface area contributed by atoms with Gasteiger partial charge in [-0.25, -0.2) is 0 Å². The van der Waals surface area contributed by atoms with E-state index in [9.17, 15) is 4.79 Å². The lowest BCUT2D eigenvalue weighted by Crippen LogP contribution is -2.45. The summed E-state index contributed by atoms with van der Waals surface area (Å²) >= 11 is 0. The van der Waals surface area contributed by atoms with Crippen molar-refractivity contribution in [3.63, 3.8) is 0 Å². The summed E-state index contributed by atoms with van der Waals surface area (Å²) in [7, 11) is 0. The first kappa shape index (κ1) is 14.8. The van der Waals surface area contributed by atoms with E-state index < -0.39 is 0 Å². The first-order valence-electron chi connectivity index (χ1n) is 8.12. The van der Waals surface area contributed by atoms with Crippen LogP contribution >= 0.6 is 0 Å². The smallest absolute Gasteiger partial charge is 0.223 e. The van der Waals surface area contributed by atoms with Crippen molar-refractivity contribution >= 4 is 5.91 Å². The molecule has 0 heterocycles. The molecule has 0 spiro atoms. The molecule has 0 aromatic rings. The summed E-state index contributed by atoms with van der Waals surface area (Å²) in [6, 6.07) is 0.547. The van der Waals surface area contributed by atoms with E-state index in [1.165, 1.54) is 32.1 Å². The van der Waals surface area contributed by atoms with Crippen LogP contribution in [0.15, 0.2) is 0 Å². The lowest BCUT2D eigenvalue weighted by molar-refractivity contribution is -0.127. The maximum absolute atomic E-state index is 12.4. The van der Waals surface area contributed by atoms with Crippen molar-refractivity contribution in [3.05, 3.63) is 0 Å². The first-order valence-corrected chi connectivity index (χ1v) is 8.12. The van der Waals surface area contributed by atoms with Gasteiger partial charge < -0.3 is 11.1 Å². The maximum Gasteiger partial charge on any atom is 0.223 e. The molecule has 19 heavy (non-hydrogen) atoms. The van der Waals surface area contributed by atoms with Gasteiger partial charge in [-0.05, 0) is 50.9 Å². The van der Waals surface area contributed by atoms with Gasteiger partial charge in [0.2, 0.25) is 5.91 Å². The molecule has 3 N–H and O–H groups in total. The van der Waals surface area contributed by atoms with Crippen LogP contribution in [-0.4, -0.2) is 18.0 Å². The van der Waals surface area contributed by atoms with E-state index in [-0.39, 0.29) is 17.9 Å². The van der Waals surface area contributed by atoms with E-state index in [0.717, 1.165) is 19.3 Å². The molecule has 0 aliphatic heterocycles. The van der Waals surface area contributed by atoms with Gasteiger partial charge in [0.25, 0.3) is 0 Å². The van der Waals surface area contributed by atoms with Crippen molar-refractivity contribution in [1.82, 2.24) is 5.32 Å². The lowest BCUT2D eigenvalue weighted by atomic mass is 9.79. The van der Waals surface area contributed by atoms with Gasteiger partial charge in [-0.2, -0.15) is 0 Å². The Balaban J connectivity index is 1.82. The second-order valence-electron chi connectivity index (χ2n) is 6.96. The highest BCUT2D eigenvalue weighted by atomic mass is 16.1. The zero-order chi connectivity index (χ0) is 13.8. The number of hydrogen-bond donors (Lipinski definition) is 2. The number of rotatable bonds is 3. The molecule has 4 unspecified atom stereocenters. The molecule has 2 rings (SSSR count). The molecule has 0 saturated heterocycles. The summed E-state index contributed by atoms with van der Waals surface area (Å²) < 4.78 is 0. The molecular formula is C16H30N2O. The predicted octanol–water partition coefficient (Wildman–Crippen LogP) is 2.83. The molecule has 3 nitrogen and oxygen atoms in total.